The highest BCUT2D eigenvalue weighted by Crippen LogP contribution is 2.50. The zero-order chi connectivity index (χ0) is 11.4. The minimum atomic E-state index is 0.349. The highest BCUT2D eigenvalue weighted by molar-refractivity contribution is 5.43. The first-order valence-electron chi connectivity index (χ1n) is 6.16. The van der Waals surface area contributed by atoms with Gasteiger partial charge >= 0.3 is 0 Å². The maximum Gasteiger partial charge on any atom is 0.122 e. The van der Waals surface area contributed by atoms with Gasteiger partial charge in [-0.1, -0.05) is 25.1 Å². The van der Waals surface area contributed by atoms with Crippen LogP contribution in [0.25, 0.3) is 0 Å². The van der Waals surface area contributed by atoms with E-state index in [1.165, 1.54) is 24.8 Å². The number of para-hydroxylation sites is 1. The van der Waals surface area contributed by atoms with Crippen molar-refractivity contribution >= 4 is 0 Å². The van der Waals surface area contributed by atoms with E-state index in [4.69, 9.17) is 4.74 Å². The van der Waals surface area contributed by atoms with Gasteiger partial charge in [0.1, 0.15) is 5.75 Å². The first-order valence-corrected chi connectivity index (χ1v) is 6.16. The Morgan fingerprint density at radius 1 is 1.31 bits per heavy atom. The molecule has 0 aliphatic heterocycles. The van der Waals surface area contributed by atoms with Gasteiger partial charge in [-0.2, -0.15) is 0 Å². The smallest absolute Gasteiger partial charge is 0.122 e. The number of methoxy groups -OCH3 is 1. The maximum atomic E-state index is 5.45. The van der Waals surface area contributed by atoms with Crippen LogP contribution in [0, 0.1) is 0 Å². The summed E-state index contributed by atoms with van der Waals surface area (Å²) in [6, 6.07) is 8.42. The van der Waals surface area contributed by atoms with Crippen LogP contribution in [0.3, 0.4) is 0 Å². The second-order valence-corrected chi connectivity index (χ2v) is 4.66. The molecule has 1 saturated carbocycles. The molecule has 0 aromatic heterocycles. The van der Waals surface area contributed by atoms with Gasteiger partial charge in [0.2, 0.25) is 0 Å². The molecule has 0 unspecified atom stereocenters. The molecule has 0 atom stereocenters. The Morgan fingerprint density at radius 2 is 2.06 bits per heavy atom. The Labute approximate surface area is 98.0 Å². The third-order valence-corrected chi connectivity index (χ3v) is 3.42. The van der Waals surface area contributed by atoms with Gasteiger partial charge in [0, 0.05) is 17.5 Å². The molecule has 0 radical (unpaired) electrons. The minimum Gasteiger partial charge on any atom is -0.496 e. The summed E-state index contributed by atoms with van der Waals surface area (Å²) >= 11 is 0. The number of nitrogens with one attached hydrogen (secondary N) is 1. The first-order chi connectivity index (χ1) is 7.82. The second kappa shape index (κ2) is 4.88. The van der Waals surface area contributed by atoms with Crippen molar-refractivity contribution in [2.45, 2.75) is 31.6 Å². The zero-order valence-corrected chi connectivity index (χ0v) is 10.3. The molecule has 1 fully saturated rings. The van der Waals surface area contributed by atoms with Crippen LogP contribution < -0.4 is 10.1 Å². The monoisotopic (exact) mass is 219 g/mol. The Balaban J connectivity index is 2.10. The van der Waals surface area contributed by atoms with Crippen LogP contribution in [-0.2, 0) is 5.41 Å². The van der Waals surface area contributed by atoms with Gasteiger partial charge in [0.25, 0.3) is 0 Å². The zero-order valence-electron chi connectivity index (χ0n) is 10.3. The lowest BCUT2D eigenvalue weighted by Crippen LogP contribution is -2.27. The predicted molar refractivity (Wildman–Crippen MR) is 67.1 cm³/mol. The van der Waals surface area contributed by atoms with Gasteiger partial charge in [-0.05, 0) is 31.9 Å². The molecule has 0 amide bonds. The van der Waals surface area contributed by atoms with Crippen LogP contribution in [0.4, 0.5) is 0 Å². The Hall–Kier alpha value is -1.02. The summed E-state index contributed by atoms with van der Waals surface area (Å²) in [7, 11) is 1.76. The highest BCUT2D eigenvalue weighted by atomic mass is 16.5. The van der Waals surface area contributed by atoms with Crippen molar-refractivity contribution < 1.29 is 4.74 Å². The van der Waals surface area contributed by atoms with Crippen molar-refractivity contribution in [2.75, 3.05) is 20.2 Å². The molecule has 1 aliphatic rings. The van der Waals surface area contributed by atoms with E-state index in [1.807, 2.05) is 6.07 Å². The average Bonchev–Trinajstić information content (AvgIpc) is 3.10. The lowest BCUT2D eigenvalue weighted by atomic mass is 9.95. The number of hydrogen-bond acceptors (Lipinski definition) is 2. The molecule has 0 bridgehead atoms. The van der Waals surface area contributed by atoms with E-state index in [9.17, 15) is 0 Å². The van der Waals surface area contributed by atoms with Crippen LogP contribution in [0.1, 0.15) is 31.7 Å². The largest absolute Gasteiger partial charge is 0.496 e. The van der Waals surface area contributed by atoms with E-state index in [2.05, 4.69) is 30.4 Å². The summed E-state index contributed by atoms with van der Waals surface area (Å²) in [5.41, 5.74) is 1.73. The molecule has 2 nitrogen and oxygen atoms in total. The third kappa shape index (κ3) is 2.22. The minimum absolute atomic E-state index is 0.349. The van der Waals surface area contributed by atoms with Crippen molar-refractivity contribution in [3.8, 4) is 5.75 Å². The SMILES string of the molecule is CCCNCC1(c2ccccc2OC)CC1. The molecule has 2 rings (SSSR count). The fourth-order valence-electron chi connectivity index (χ4n) is 2.28. The Kier molecular flexibility index (Phi) is 3.49. The molecule has 1 aromatic rings. The summed E-state index contributed by atoms with van der Waals surface area (Å²) in [5.74, 6) is 1.04. The average molecular weight is 219 g/mol. The topological polar surface area (TPSA) is 21.3 Å². The van der Waals surface area contributed by atoms with Gasteiger partial charge < -0.3 is 10.1 Å². The van der Waals surface area contributed by atoms with E-state index < -0.39 is 0 Å². The Bertz CT molecular complexity index is 344. The normalized spacial score (nSPS) is 17.1. The number of ether oxygens (including phenoxy) is 1. The lowest BCUT2D eigenvalue weighted by Gasteiger charge is -2.19. The second-order valence-electron chi connectivity index (χ2n) is 4.66. The van der Waals surface area contributed by atoms with E-state index in [1.54, 1.807) is 7.11 Å². The van der Waals surface area contributed by atoms with Crippen LogP contribution in [0.5, 0.6) is 5.75 Å². The molecule has 0 saturated heterocycles. The summed E-state index contributed by atoms with van der Waals surface area (Å²) in [6.07, 6.45) is 3.76. The lowest BCUT2D eigenvalue weighted by molar-refractivity contribution is 0.402. The highest BCUT2D eigenvalue weighted by Gasteiger charge is 2.45. The quantitative estimate of drug-likeness (QED) is 0.743. The van der Waals surface area contributed by atoms with Gasteiger partial charge in [0.05, 0.1) is 7.11 Å². The predicted octanol–water partition coefficient (Wildman–Crippen LogP) is 2.73. The van der Waals surface area contributed by atoms with Crippen molar-refractivity contribution in [1.82, 2.24) is 5.32 Å². The van der Waals surface area contributed by atoms with Gasteiger partial charge in [0.15, 0.2) is 0 Å². The summed E-state index contributed by atoms with van der Waals surface area (Å²) in [6.45, 7) is 4.40. The standard InChI is InChI=1S/C14H21NO/c1-3-10-15-11-14(8-9-14)12-6-4-5-7-13(12)16-2/h4-7,15H,3,8-11H2,1-2H3. The molecule has 2 heteroatoms. The van der Waals surface area contributed by atoms with Gasteiger partial charge in [-0.15, -0.1) is 0 Å². The van der Waals surface area contributed by atoms with E-state index >= 15 is 0 Å². The van der Waals surface area contributed by atoms with Gasteiger partial charge in [-0.3, -0.25) is 0 Å². The number of rotatable bonds is 6. The maximum absolute atomic E-state index is 5.45. The van der Waals surface area contributed by atoms with Gasteiger partial charge in [-0.25, -0.2) is 0 Å². The van der Waals surface area contributed by atoms with E-state index in [0.29, 0.717) is 5.41 Å². The molecule has 0 heterocycles. The van der Waals surface area contributed by atoms with Crippen molar-refractivity contribution in [2.24, 2.45) is 0 Å². The third-order valence-electron chi connectivity index (χ3n) is 3.42. The van der Waals surface area contributed by atoms with E-state index in [-0.39, 0.29) is 0 Å². The number of benzene rings is 1. The molecule has 88 valence electrons. The summed E-state index contributed by atoms with van der Waals surface area (Å²) < 4.78 is 5.45. The molecule has 1 aliphatic carbocycles. The molecule has 1 N–H and O–H groups in total. The molecule has 1 aromatic carbocycles. The van der Waals surface area contributed by atoms with Crippen molar-refractivity contribution in [1.29, 1.82) is 0 Å². The fraction of sp³-hybridized carbons (Fsp3) is 0.571. The number of hydrogen-bond donors (Lipinski definition) is 1. The van der Waals surface area contributed by atoms with Crippen LogP contribution in [0.2, 0.25) is 0 Å². The molecule has 0 spiro atoms. The van der Waals surface area contributed by atoms with Crippen LogP contribution in [-0.4, -0.2) is 20.2 Å². The molecular formula is C14H21NO. The van der Waals surface area contributed by atoms with Crippen LogP contribution >= 0.6 is 0 Å². The molecule has 16 heavy (non-hydrogen) atoms. The first kappa shape index (κ1) is 11.5. The van der Waals surface area contributed by atoms with E-state index in [0.717, 1.165) is 18.8 Å². The summed E-state index contributed by atoms with van der Waals surface area (Å²) in [4.78, 5) is 0. The van der Waals surface area contributed by atoms with Crippen molar-refractivity contribution in [3.05, 3.63) is 29.8 Å². The Morgan fingerprint density at radius 3 is 2.69 bits per heavy atom. The molecular weight excluding hydrogens is 198 g/mol. The van der Waals surface area contributed by atoms with Crippen molar-refractivity contribution in [3.63, 3.8) is 0 Å². The summed E-state index contributed by atoms with van der Waals surface area (Å²) in [5, 5.41) is 3.53. The van der Waals surface area contributed by atoms with Crippen LogP contribution in [0.15, 0.2) is 24.3 Å². The fourth-order valence-corrected chi connectivity index (χ4v) is 2.28.